The summed E-state index contributed by atoms with van der Waals surface area (Å²) in [7, 11) is -0.287. The fraction of sp³-hybridized carbons (Fsp3) is 1.00. The molecule has 0 aromatic heterocycles. The summed E-state index contributed by atoms with van der Waals surface area (Å²) in [6.07, 6.45) is 8.73. The lowest BCUT2D eigenvalue weighted by molar-refractivity contribution is 0.812. The molecule has 0 fully saturated rings. The molecule has 14 heavy (non-hydrogen) atoms. The third-order valence-electron chi connectivity index (χ3n) is 2.90. The highest BCUT2D eigenvalue weighted by atomic mass is 79.9. The van der Waals surface area contributed by atoms with Gasteiger partial charge < -0.3 is 0 Å². The first-order valence-corrected chi connectivity index (χ1v) is 8.80. The molecule has 0 aliphatic heterocycles. The second-order valence-corrected chi connectivity index (χ2v) is 7.76. The summed E-state index contributed by atoms with van der Waals surface area (Å²) in [5.41, 5.74) is 0. The highest BCUT2D eigenvalue weighted by Gasteiger charge is 2.08. The summed E-state index contributed by atoms with van der Waals surface area (Å²) in [6, 6.07) is 4.86. The highest BCUT2D eigenvalue weighted by molar-refractivity contribution is 8.93. The predicted octanol–water partition coefficient (Wildman–Crippen LogP) is 5.19. The maximum Gasteiger partial charge on any atom is 0.0367 e. The van der Waals surface area contributed by atoms with E-state index >= 15 is 0 Å². The average molecular weight is 281 g/mol. The van der Waals surface area contributed by atoms with Crippen LogP contribution in [0.25, 0.3) is 0 Å². The summed E-state index contributed by atoms with van der Waals surface area (Å²) >= 11 is 0. The van der Waals surface area contributed by atoms with Crippen molar-refractivity contribution in [1.29, 1.82) is 0 Å². The van der Waals surface area contributed by atoms with Crippen LogP contribution in [0.5, 0.6) is 0 Å². The molecule has 0 spiro atoms. The Labute approximate surface area is 103 Å². The minimum Gasteiger partial charge on any atom is -0.114 e. The van der Waals surface area contributed by atoms with Gasteiger partial charge in [0.05, 0.1) is 0 Å². The number of rotatable bonds is 9. The van der Waals surface area contributed by atoms with Crippen LogP contribution in [-0.2, 0) is 0 Å². The first kappa shape index (κ1) is 17.1. The van der Waals surface area contributed by atoms with E-state index in [1.165, 1.54) is 38.5 Å². The van der Waals surface area contributed by atoms with E-state index in [1.807, 2.05) is 0 Å². The van der Waals surface area contributed by atoms with Crippen LogP contribution in [0.4, 0.5) is 0 Å². The van der Waals surface area contributed by atoms with E-state index in [4.69, 9.17) is 0 Å². The van der Waals surface area contributed by atoms with Gasteiger partial charge in [0.1, 0.15) is 0 Å². The van der Waals surface area contributed by atoms with Crippen LogP contribution in [0.2, 0.25) is 18.1 Å². The molecule has 0 aliphatic carbocycles. The molecule has 0 unspecified atom stereocenters. The Bertz CT molecular complexity index is 77.3. The van der Waals surface area contributed by atoms with Crippen LogP contribution in [0.1, 0.15) is 59.3 Å². The van der Waals surface area contributed by atoms with Crippen LogP contribution < -0.4 is 0 Å². The normalized spacial score (nSPS) is 10.3. The molecule has 0 amide bonds. The highest BCUT2D eigenvalue weighted by Crippen LogP contribution is 2.16. The standard InChI is InChI=1S/C12H28Si.BrH/c1-4-7-10-13(11-8-5-2)12-9-6-3;/h13H,4-12H2,1-3H3;1H. The SMILES string of the molecule is Br.CCCC[SiH](CCCC)CCCC. The number of hydrogen-bond acceptors (Lipinski definition) is 0. The monoisotopic (exact) mass is 280 g/mol. The second-order valence-electron chi connectivity index (χ2n) is 4.29. The van der Waals surface area contributed by atoms with Gasteiger partial charge in [-0.15, -0.1) is 17.0 Å². The Morgan fingerprint density at radius 3 is 1.14 bits per heavy atom. The zero-order valence-corrected chi connectivity index (χ0v) is 13.2. The molecule has 0 atom stereocenters. The second kappa shape index (κ2) is 13.7. The van der Waals surface area contributed by atoms with E-state index in [9.17, 15) is 0 Å². The third-order valence-corrected chi connectivity index (χ3v) is 6.57. The molecule has 0 bridgehead atoms. The van der Waals surface area contributed by atoms with E-state index in [2.05, 4.69) is 20.8 Å². The van der Waals surface area contributed by atoms with Gasteiger partial charge in [-0.05, 0) is 0 Å². The Morgan fingerprint density at radius 1 is 0.643 bits per heavy atom. The van der Waals surface area contributed by atoms with Gasteiger partial charge in [-0.1, -0.05) is 77.4 Å². The van der Waals surface area contributed by atoms with Crippen molar-refractivity contribution in [2.24, 2.45) is 0 Å². The van der Waals surface area contributed by atoms with Crippen LogP contribution in [0.3, 0.4) is 0 Å². The van der Waals surface area contributed by atoms with E-state index < -0.39 is 0 Å². The zero-order valence-electron chi connectivity index (χ0n) is 10.3. The van der Waals surface area contributed by atoms with E-state index in [0.29, 0.717) is 0 Å². The zero-order chi connectivity index (χ0) is 9.94. The van der Waals surface area contributed by atoms with Gasteiger partial charge in [-0.3, -0.25) is 0 Å². The van der Waals surface area contributed by atoms with E-state index in [1.54, 1.807) is 18.1 Å². The van der Waals surface area contributed by atoms with Crippen molar-refractivity contribution in [3.8, 4) is 0 Å². The molecular formula is C12H29BrSi. The van der Waals surface area contributed by atoms with Gasteiger partial charge in [0.2, 0.25) is 0 Å². The Balaban J connectivity index is 0. The van der Waals surface area contributed by atoms with Crippen LogP contribution >= 0.6 is 17.0 Å². The summed E-state index contributed by atoms with van der Waals surface area (Å²) in [5, 5.41) is 0. The van der Waals surface area contributed by atoms with Crippen LogP contribution in [0, 0.1) is 0 Å². The third kappa shape index (κ3) is 10.8. The lowest BCUT2D eigenvalue weighted by atomic mass is 10.4. The van der Waals surface area contributed by atoms with Crippen molar-refractivity contribution >= 4 is 25.8 Å². The van der Waals surface area contributed by atoms with Crippen LogP contribution in [0.15, 0.2) is 0 Å². The van der Waals surface area contributed by atoms with Gasteiger partial charge in [0.25, 0.3) is 0 Å². The Kier molecular flexibility index (Phi) is 16.7. The molecule has 0 aromatic carbocycles. The molecule has 0 N–H and O–H groups in total. The van der Waals surface area contributed by atoms with Gasteiger partial charge in [0, 0.05) is 8.80 Å². The van der Waals surface area contributed by atoms with Gasteiger partial charge in [-0.25, -0.2) is 0 Å². The first-order valence-electron chi connectivity index (χ1n) is 6.35. The van der Waals surface area contributed by atoms with Gasteiger partial charge in [0.15, 0.2) is 0 Å². The fourth-order valence-corrected chi connectivity index (χ4v) is 5.73. The lowest BCUT2D eigenvalue weighted by Crippen LogP contribution is -2.11. The molecule has 88 valence electrons. The van der Waals surface area contributed by atoms with Gasteiger partial charge in [-0.2, -0.15) is 0 Å². The summed E-state index contributed by atoms with van der Waals surface area (Å²) in [6.45, 7) is 6.97. The topological polar surface area (TPSA) is 0 Å². The molecule has 0 rings (SSSR count). The molecule has 0 nitrogen and oxygen atoms in total. The molecular weight excluding hydrogens is 252 g/mol. The minimum absolute atomic E-state index is 0. The quantitative estimate of drug-likeness (QED) is 0.510. The molecule has 0 heterocycles. The summed E-state index contributed by atoms with van der Waals surface area (Å²) in [5.74, 6) is 0. The van der Waals surface area contributed by atoms with Gasteiger partial charge >= 0.3 is 0 Å². The fourth-order valence-electron chi connectivity index (χ4n) is 1.91. The molecule has 0 radical (unpaired) electrons. The summed E-state index contributed by atoms with van der Waals surface area (Å²) < 4.78 is 0. The Morgan fingerprint density at radius 2 is 0.929 bits per heavy atom. The largest absolute Gasteiger partial charge is 0.114 e. The molecule has 2 heteroatoms. The van der Waals surface area contributed by atoms with Crippen molar-refractivity contribution in [2.75, 3.05) is 0 Å². The smallest absolute Gasteiger partial charge is 0.0367 e. The molecule has 0 aromatic rings. The van der Waals surface area contributed by atoms with Crippen molar-refractivity contribution < 1.29 is 0 Å². The van der Waals surface area contributed by atoms with Crippen molar-refractivity contribution in [2.45, 2.75) is 77.4 Å². The maximum atomic E-state index is 2.32. The van der Waals surface area contributed by atoms with E-state index in [0.717, 1.165) is 0 Å². The number of halogens is 1. The van der Waals surface area contributed by atoms with Crippen molar-refractivity contribution in [3.05, 3.63) is 0 Å². The van der Waals surface area contributed by atoms with Crippen molar-refractivity contribution in [3.63, 3.8) is 0 Å². The minimum atomic E-state index is -0.287. The van der Waals surface area contributed by atoms with E-state index in [-0.39, 0.29) is 25.8 Å². The number of unbranched alkanes of at least 4 members (excludes halogenated alkanes) is 3. The predicted molar refractivity (Wildman–Crippen MR) is 76.6 cm³/mol. The molecule has 0 saturated carbocycles. The maximum absolute atomic E-state index is 2.32. The average Bonchev–Trinajstić information content (AvgIpc) is 2.17. The molecule has 0 aliphatic rings. The first-order chi connectivity index (χ1) is 6.35. The number of hydrogen-bond donors (Lipinski definition) is 0. The molecule has 0 saturated heterocycles. The van der Waals surface area contributed by atoms with Crippen molar-refractivity contribution in [1.82, 2.24) is 0 Å². The Hall–Kier alpha value is 0.697. The summed E-state index contributed by atoms with van der Waals surface area (Å²) in [4.78, 5) is 0. The van der Waals surface area contributed by atoms with Crippen LogP contribution in [-0.4, -0.2) is 8.80 Å². The lowest BCUT2D eigenvalue weighted by Gasteiger charge is -2.13.